The topological polar surface area (TPSA) is 26.0 Å². The normalized spacial score (nSPS) is 10.3. The molecule has 0 fully saturated rings. The van der Waals surface area contributed by atoms with Crippen molar-refractivity contribution >= 4 is 11.8 Å². The van der Waals surface area contributed by atoms with Gasteiger partial charge in [-0.25, -0.2) is 0 Å². The molecule has 0 atom stereocenters. The molecule has 0 bridgehead atoms. The van der Waals surface area contributed by atoms with Crippen LogP contribution in [0.15, 0.2) is 29.2 Å². The van der Waals surface area contributed by atoms with Crippen molar-refractivity contribution in [3.8, 4) is 0 Å². The zero-order valence-corrected chi connectivity index (χ0v) is 8.32. The zero-order chi connectivity index (χ0) is 9.52. The summed E-state index contributed by atoms with van der Waals surface area (Å²) in [5, 5.41) is 0. The molecule has 0 aromatic heterocycles. The number of halogens is 1. The predicted octanol–water partition coefficient (Wildman–Crippen LogP) is 2.25. The van der Waals surface area contributed by atoms with Gasteiger partial charge in [-0.15, -0.1) is 11.8 Å². The van der Waals surface area contributed by atoms with Crippen molar-refractivity contribution in [3.63, 3.8) is 0 Å². The first-order valence-corrected chi connectivity index (χ1v) is 5.33. The van der Waals surface area contributed by atoms with Gasteiger partial charge in [0.25, 0.3) is 0 Å². The summed E-state index contributed by atoms with van der Waals surface area (Å²) in [6, 6.07) is 8.14. The molecule has 13 heavy (non-hydrogen) atoms. The summed E-state index contributed by atoms with van der Waals surface area (Å²) < 4.78 is 11.8. The van der Waals surface area contributed by atoms with Gasteiger partial charge in [-0.1, -0.05) is 12.1 Å². The van der Waals surface area contributed by atoms with Crippen LogP contribution in [-0.2, 0) is 6.42 Å². The van der Waals surface area contributed by atoms with E-state index < -0.39 is 0 Å². The van der Waals surface area contributed by atoms with Gasteiger partial charge in [-0.2, -0.15) is 0 Å². The Balaban J connectivity index is 2.48. The molecule has 0 radical (unpaired) electrons. The smallest absolute Gasteiger partial charge is 0.0988 e. The Morgan fingerprint density at radius 1 is 1.23 bits per heavy atom. The first-order chi connectivity index (χ1) is 6.36. The number of thioether (sulfide) groups is 1. The van der Waals surface area contributed by atoms with Gasteiger partial charge in [-0.05, 0) is 30.7 Å². The van der Waals surface area contributed by atoms with Gasteiger partial charge >= 0.3 is 0 Å². The van der Waals surface area contributed by atoms with E-state index in [0.29, 0.717) is 12.3 Å². The van der Waals surface area contributed by atoms with Crippen LogP contribution in [0.4, 0.5) is 4.39 Å². The lowest BCUT2D eigenvalue weighted by Gasteiger charge is -2.01. The second-order valence-corrected chi connectivity index (χ2v) is 3.89. The highest BCUT2D eigenvalue weighted by Gasteiger charge is 1.94. The lowest BCUT2D eigenvalue weighted by molar-refractivity contribution is 0.533. The predicted molar refractivity (Wildman–Crippen MR) is 55.9 cm³/mol. The molecular formula is C10H14FNS. The van der Waals surface area contributed by atoms with E-state index in [-0.39, 0.29) is 6.67 Å². The van der Waals surface area contributed by atoms with Crippen LogP contribution in [0.3, 0.4) is 0 Å². The molecule has 0 aliphatic rings. The van der Waals surface area contributed by atoms with Crippen LogP contribution in [0.25, 0.3) is 0 Å². The third kappa shape index (κ3) is 3.79. The van der Waals surface area contributed by atoms with E-state index in [1.807, 2.05) is 24.3 Å². The average molecular weight is 199 g/mol. The lowest BCUT2D eigenvalue weighted by Crippen LogP contribution is -2.02. The van der Waals surface area contributed by atoms with Crippen molar-refractivity contribution in [1.82, 2.24) is 0 Å². The van der Waals surface area contributed by atoms with Crippen LogP contribution in [-0.4, -0.2) is 19.0 Å². The number of hydrogen-bond acceptors (Lipinski definition) is 2. The highest BCUT2D eigenvalue weighted by molar-refractivity contribution is 7.99. The van der Waals surface area contributed by atoms with Crippen LogP contribution < -0.4 is 5.73 Å². The van der Waals surface area contributed by atoms with Crippen LogP contribution in [0.1, 0.15) is 5.56 Å². The minimum Gasteiger partial charge on any atom is -0.330 e. The second kappa shape index (κ2) is 6.00. The van der Waals surface area contributed by atoms with Crippen molar-refractivity contribution < 1.29 is 4.39 Å². The van der Waals surface area contributed by atoms with Crippen molar-refractivity contribution in [3.05, 3.63) is 29.8 Å². The Kier molecular flexibility index (Phi) is 4.86. The van der Waals surface area contributed by atoms with Gasteiger partial charge in [0.1, 0.15) is 0 Å². The molecule has 72 valence electrons. The van der Waals surface area contributed by atoms with Gasteiger partial charge in [-0.3, -0.25) is 4.39 Å². The maximum absolute atomic E-state index is 11.8. The van der Waals surface area contributed by atoms with E-state index in [4.69, 9.17) is 5.73 Å². The molecule has 1 aromatic rings. The Bertz CT molecular complexity index is 235. The Morgan fingerprint density at radius 2 is 1.92 bits per heavy atom. The third-order valence-electron chi connectivity index (χ3n) is 1.70. The second-order valence-electron chi connectivity index (χ2n) is 2.72. The molecule has 0 saturated heterocycles. The summed E-state index contributed by atoms with van der Waals surface area (Å²) in [4.78, 5) is 1.12. The molecule has 0 amide bonds. The minimum absolute atomic E-state index is 0.269. The molecule has 1 nitrogen and oxygen atoms in total. The quantitative estimate of drug-likeness (QED) is 0.736. The van der Waals surface area contributed by atoms with Gasteiger partial charge < -0.3 is 5.73 Å². The minimum atomic E-state index is -0.269. The number of hydrogen-bond donors (Lipinski definition) is 1. The molecule has 0 heterocycles. The standard InChI is InChI=1S/C10H14FNS/c11-6-8-13-10-3-1-9(2-4-10)5-7-12/h1-4H,5-8,12H2. The van der Waals surface area contributed by atoms with Gasteiger partial charge in [0.15, 0.2) is 0 Å². The zero-order valence-electron chi connectivity index (χ0n) is 7.50. The van der Waals surface area contributed by atoms with E-state index in [1.54, 1.807) is 11.8 Å². The van der Waals surface area contributed by atoms with Crippen molar-refractivity contribution in [2.24, 2.45) is 5.73 Å². The summed E-state index contributed by atoms with van der Waals surface area (Å²) in [6.45, 7) is 0.409. The van der Waals surface area contributed by atoms with E-state index in [0.717, 1.165) is 11.3 Å². The maximum Gasteiger partial charge on any atom is 0.0988 e. The summed E-state index contributed by atoms with van der Waals surface area (Å²) in [5.74, 6) is 0.538. The number of nitrogens with two attached hydrogens (primary N) is 1. The maximum atomic E-state index is 11.8. The average Bonchev–Trinajstić information content (AvgIpc) is 2.17. The molecule has 1 aromatic carbocycles. The van der Waals surface area contributed by atoms with Crippen molar-refractivity contribution in [2.45, 2.75) is 11.3 Å². The van der Waals surface area contributed by atoms with Gasteiger partial charge in [0, 0.05) is 10.6 Å². The summed E-state index contributed by atoms with van der Waals surface area (Å²) in [7, 11) is 0. The Labute approximate surface area is 82.5 Å². The van der Waals surface area contributed by atoms with Crippen LogP contribution in [0.5, 0.6) is 0 Å². The van der Waals surface area contributed by atoms with Crippen molar-refractivity contribution in [1.29, 1.82) is 0 Å². The Morgan fingerprint density at radius 3 is 2.46 bits per heavy atom. The largest absolute Gasteiger partial charge is 0.330 e. The SMILES string of the molecule is NCCc1ccc(SCCF)cc1. The molecule has 1 rings (SSSR count). The lowest BCUT2D eigenvalue weighted by atomic mass is 10.2. The Hall–Kier alpha value is -0.540. The summed E-state index contributed by atoms with van der Waals surface area (Å²) in [6.07, 6.45) is 0.911. The summed E-state index contributed by atoms with van der Waals surface area (Å²) in [5.41, 5.74) is 6.67. The molecular weight excluding hydrogens is 185 g/mol. The van der Waals surface area contributed by atoms with E-state index in [2.05, 4.69) is 0 Å². The van der Waals surface area contributed by atoms with Gasteiger partial charge in [0.2, 0.25) is 0 Å². The molecule has 0 spiro atoms. The van der Waals surface area contributed by atoms with E-state index >= 15 is 0 Å². The molecule has 2 N–H and O–H groups in total. The molecule has 0 saturated carbocycles. The third-order valence-corrected chi connectivity index (χ3v) is 2.67. The molecule has 3 heteroatoms. The summed E-state index contributed by atoms with van der Waals surface area (Å²) >= 11 is 1.54. The fraction of sp³-hybridized carbons (Fsp3) is 0.400. The highest BCUT2D eigenvalue weighted by atomic mass is 32.2. The first-order valence-electron chi connectivity index (χ1n) is 4.34. The fourth-order valence-corrected chi connectivity index (χ4v) is 1.72. The van der Waals surface area contributed by atoms with Gasteiger partial charge in [0.05, 0.1) is 6.67 Å². The molecule has 0 aliphatic heterocycles. The molecule has 0 aliphatic carbocycles. The first kappa shape index (κ1) is 10.5. The van der Waals surface area contributed by atoms with Crippen LogP contribution >= 0.6 is 11.8 Å². The number of alkyl halides is 1. The fourth-order valence-electron chi connectivity index (χ4n) is 1.08. The highest BCUT2D eigenvalue weighted by Crippen LogP contribution is 2.18. The molecule has 0 unspecified atom stereocenters. The van der Waals surface area contributed by atoms with Crippen molar-refractivity contribution in [2.75, 3.05) is 19.0 Å². The monoisotopic (exact) mass is 199 g/mol. The van der Waals surface area contributed by atoms with Crippen LogP contribution in [0, 0.1) is 0 Å². The number of benzene rings is 1. The van der Waals surface area contributed by atoms with E-state index in [9.17, 15) is 4.39 Å². The number of rotatable bonds is 5. The van der Waals surface area contributed by atoms with Crippen LogP contribution in [0.2, 0.25) is 0 Å². The van der Waals surface area contributed by atoms with E-state index in [1.165, 1.54) is 5.56 Å².